The van der Waals surface area contributed by atoms with Crippen LogP contribution in [-0.4, -0.2) is 74.1 Å². The molecular formula is C32H46FN3O5. The second kappa shape index (κ2) is 14.9. The zero-order valence-electron chi connectivity index (χ0n) is 25.0. The van der Waals surface area contributed by atoms with E-state index in [9.17, 15) is 14.3 Å². The third kappa shape index (κ3) is 7.96. The molecule has 0 amide bonds. The first-order valence-corrected chi connectivity index (χ1v) is 15.0. The molecule has 1 aromatic carbocycles. The molecule has 1 aromatic heterocycles. The van der Waals surface area contributed by atoms with Crippen molar-refractivity contribution < 1.29 is 28.5 Å². The quantitative estimate of drug-likeness (QED) is 0.270. The van der Waals surface area contributed by atoms with Crippen molar-refractivity contribution in [2.75, 3.05) is 52.4 Å². The van der Waals surface area contributed by atoms with Gasteiger partial charge in [0.2, 0.25) is 0 Å². The van der Waals surface area contributed by atoms with Crippen LogP contribution in [0.15, 0.2) is 18.2 Å². The Morgan fingerprint density at radius 1 is 1.17 bits per heavy atom. The Morgan fingerprint density at radius 3 is 2.73 bits per heavy atom. The highest BCUT2D eigenvalue weighted by Crippen LogP contribution is 2.37. The first-order chi connectivity index (χ1) is 19.8. The lowest BCUT2D eigenvalue weighted by Crippen LogP contribution is -2.34. The summed E-state index contributed by atoms with van der Waals surface area (Å²) in [7, 11) is 3.12. The molecule has 9 heteroatoms. The maximum Gasteiger partial charge on any atom is 0.325 e. The summed E-state index contributed by atoms with van der Waals surface area (Å²) in [6.07, 6.45) is 7.77. The minimum Gasteiger partial charge on any atom is -0.493 e. The molecule has 0 saturated carbocycles. The van der Waals surface area contributed by atoms with Gasteiger partial charge in [-0.1, -0.05) is 20.3 Å². The van der Waals surface area contributed by atoms with Crippen LogP contribution in [0.25, 0.3) is 0 Å². The van der Waals surface area contributed by atoms with E-state index in [2.05, 4.69) is 11.4 Å². The van der Waals surface area contributed by atoms with Crippen LogP contribution in [0, 0.1) is 5.82 Å². The number of aryl methyl sites for hydroxylation is 1. The minimum absolute atomic E-state index is 0.00110. The number of likely N-dealkylation sites (tertiary alicyclic amines) is 1. The second-order valence-electron chi connectivity index (χ2n) is 11.5. The number of carboxylic acids is 1. The zero-order valence-corrected chi connectivity index (χ0v) is 25.0. The number of fused-ring (bicyclic) bond motifs is 1. The number of anilines is 1. The molecule has 0 aliphatic carbocycles. The number of aliphatic carboxylic acids is 1. The third-order valence-corrected chi connectivity index (χ3v) is 8.21. The number of unbranched alkanes of at least 4 members (excludes halogenated alkanes) is 2. The second-order valence-corrected chi connectivity index (χ2v) is 11.5. The first kappa shape index (κ1) is 31.2. The molecule has 1 saturated heterocycles. The number of carboxylic acid groups (broad SMARTS) is 1. The predicted molar refractivity (Wildman–Crippen MR) is 158 cm³/mol. The van der Waals surface area contributed by atoms with Gasteiger partial charge < -0.3 is 24.6 Å². The first-order valence-electron chi connectivity index (χ1n) is 15.0. The number of carbonyl (C=O) groups is 1. The molecular weight excluding hydrogens is 525 g/mol. The molecule has 2 aliphatic heterocycles. The number of benzene rings is 1. The molecule has 2 atom stereocenters. The standard InChI is InChI=1S/C32H46FN3O5/c1-21(2)23-18-27(30(40-4)28(33)19-23)29(32(37)38)36-14-11-25(20-36)41-15-7-5-6-9-24-17-22(12-16-39-3)26-10-8-13-34-31(26)35-24/h17-19,21,25,29H,5-16,20H2,1-4H3,(H,34,35)(H,37,38)/t25-,29+/m1/s1. The van der Waals surface area contributed by atoms with Crippen LogP contribution in [0.3, 0.4) is 0 Å². The predicted octanol–water partition coefficient (Wildman–Crippen LogP) is 5.53. The van der Waals surface area contributed by atoms with Gasteiger partial charge in [-0.05, 0) is 85.8 Å². The summed E-state index contributed by atoms with van der Waals surface area (Å²) in [5.41, 5.74) is 4.94. The van der Waals surface area contributed by atoms with Crippen molar-refractivity contribution >= 4 is 11.8 Å². The Balaban J connectivity index is 1.26. The average Bonchev–Trinajstić information content (AvgIpc) is 3.41. The van der Waals surface area contributed by atoms with Crippen LogP contribution in [0.1, 0.15) is 85.9 Å². The highest BCUT2D eigenvalue weighted by Gasteiger charge is 2.36. The number of rotatable bonds is 15. The number of ether oxygens (including phenoxy) is 3. The average molecular weight is 572 g/mol. The van der Waals surface area contributed by atoms with Crippen molar-refractivity contribution in [1.29, 1.82) is 0 Å². The topological polar surface area (TPSA) is 93.2 Å². The van der Waals surface area contributed by atoms with Crippen molar-refractivity contribution in [3.8, 4) is 5.75 Å². The lowest BCUT2D eigenvalue weighted by molar-refractivity contribution is -0.143. The van der Waals surface area contributed by atoms with Gasteiger partial charge in [0.05, 0.1) is 19.8 Å². The van der Waals surface area contributed by atoms with Crippen molar-refractivity contribution in [1.82, 2.24) is 9.88 Å². The summed E-state index contributed by atoms with van der Waals surface area (Å²) < 4.78 is 31.6. The van der Waals surface area contributed by atoms with Gasteiger partial charge in [-0.2, -0.15) is 0 Å². The van der Waals surface area contributed by atoms with Crippen LogP contribution in [0.4, 0.5) is 10.2 Å². The van der Waals surface area contributed by atoms with E-state index in [1.54, 1.807) is 13.2 Å². The van der Waals surface area contributed by atoms with Crippen LogP contribution in [0.2, 0.25) is 0 Å². The highest BCUT2D eigenvalue weighted by molar-refractivity contribution is 5.77. The van der Waals surface area contributed by atoms with Gasteiger partial charge in [0.1, 0.15) is 11.9 Å². The molecule has 2 N–H and O–H groups in total. The molecule has 4 rings (SSSR count). The molecule has 0 spiro atoms. The van der Waals surface area contributed by atoms with Crippen LogP contribution < -0.4 is 10.1 Å². The number of methoxy groups -OCH3 is 2. The van der Waals surface area contributed by atoms with Crippen molar-refractivity contribution in [3.05, 3.63) is 52.0 Å². The summed E-state index contributed by atoms with van der Waals surface area (Å²) in [5.74, 6) is -0.428. The number of aromatic nitrogens is 1. The fourth-order valence-electron chi connectivity index (χ4n) is 5.98. The van der Waals surface area contributed by atoms with E-state index in [0.717, 1.165) is 75.0 Å². The highest BCUT2D eigenvalue weighted by atomic mass is 19.1. The Labute approximate surface area is 243 Å². The molecule has 0 bridgehead atoms. The largest absolute Gasteiger partial charge is 0.493 e. The van der Waals surface area contributed by atoms with E-state index in [1.807, 2.05) is 18.7 Å². The summed E-state index contributed by atoms with van der Waals surface area (Å²) in [5, 5.41) is 13.6. The van der Waals surface area contributed by atoms with E-state index < -0.39 is 17.8 Å². The Hall–Kier alpha value is -2.75. The molecule has 226 valence electrons. The number of nitrogens with one attached hydrogen (secondary N) is 1. The maximum atomic E-state index is 14.8. The summed E-state index contributed by atoms with van der Waals surface area (Å²) >= 11 is 0. The van der Waals surface area contributed by atoms with Gasteiger partial charge in [-0.3, -0.25) is 9.69 Å². The monoisotopic (exact) mass is 571 g/mol. The van der Waals surface area contributed by atoms with Gasteiger partial charge in [-0.25, -0.2) is 9.37 Å². The maximum absolute atomic E-state index is 14.8. The van der Waals surface area contributed by atoms with Crippen LogP contribution in [0.5, 0.6) is 5.75 Å². The molecule has 8 nitrogen and oxygen atoms in total. The lowest BCUT2D eigenvalue weighted by atomic mass is 9.95. The van der Waals surface area contributed by atoms with Crippen molar-refractivity contribution in [2.45, 2.75) is 83.3 Å². The Kier molecular flexibility index (Phi) is 11.4. The summed E-state index contributed by atoms with van der Waals surface area (Å²) in [6, 6.07) is 4.47. The summed E-state index contributed by atoms with van der Waals surface area (Å²) in [4.78, 5) is 19.1. The number of hydrogen-bond acceptors (Lipinski definition) is 7. The minimum atomic E-state index is -1.01. The van der Waals surface area contributed by atoms with Gasteiger partial charge in [0.25, 0.3) is 0 Å². The van der Waals surface area contributed by atoms with Gasteiger partial charge in [0, 0.05) is 44.6 Å². The van der Waals surface area contributed by atoms with Gasteiger partial charge in [-0.15, -0.1) is 0 Å². The fraction of sp³-hybridized carbons (Fsp3) is 0.625. The van der Waals surface area contributed by atoms with E-state index >= 15 is 0 Å². The number of pyridine rings is 1. The molecule has 41 heavy (non-hydrogen) atoms. The van der Waals surface area contributed by atoms with Crippen LogP contribution in [-0.2, 0) is 33.5 Å². The van der Waals surface area contributed by atoms with E-state index in [4.69, 9.17) is 19.2 Å². The van der Waals surface area contributed by atoms with Gasteiger partial charge >= 0.3 is 5.97 Å². The molecule has 2 aliphatic rings. The fourth-order valence-corrected chi connectivity index (χ4v) is 5.98. The van der Waals surface area contributed by atoms with Crippen molar-refractivity contribution in [3.63, 3.8) is 0 Å². The normalized spacial score (nSPS) is 17.9. The van der Waals surface area contributed by atoms with E-state index in [1.165, 1.54) is 24.3 Å². The molecule has 0 radical (unpaired) electrons. The van der Waals surface area contributed by atoms with E-state index in [-0.39, 0.29) is 17.8 Å². The van der Waals surface area contributed by atoms with Crippen LogP contribution >= 0.6 is 0 Å². The Morgan fingerprint density at radius 2 is 2.00 bits per heavy atom. The number of nitrogens with zero attached hydrogens (tertiary/aromatic N) is 2. The van der Waals surface area contributed by atoms with E-state index in [0.29, 0.717) is 31.9 Å². The summed E-state index contributed by atoms with van der Waals surface area (Å²) in [6.45, 7) is 7.31. The molecule has 2 aromatic rings. The number of hydrogen-bond donors (Lipinski definition) is 2. The third-order valence-electron chi connectivity index (χ3n) is 8.21. The smallest absolute Gasteiger partial charge is 0.325 e. The lowest BCUT2D eigenvalue weighted by Gasteiger charge is -2.27. The molecule has 1 fully saturated rings. The Bertz CT molecular complexity index is 1170. The zero-order chi connectivity index (χ0) is 29.4. The van der Waals surface area contributed by atoms with Crippen molar-refractivity contribution in [2.24, 2.45) is 0 Å². The molecule has 0 unspecified atom stereocenters. The number of halogens is 1. The molecule has 3 heterocycles. The van der Waals surface area contributed by atoms with Gasteiger partial charge in [0.15, 0.2) is 11.6 Å². The SMILES string of the molecule is COCCc1cc(CCCCCO[C@@H]2CCN([C@H](C(=O)O)c3cc(C(C)C)cc(F)c3OC)C2)nc2c1CCCN2.